The number of allylic oxidation sites excluding steroid dienone is 1. The van der Waals surface area contributed by atoms with E-state index >= 15 is 0 Å². The minimum absolute atomic E-state index is 0.0583. The molecule has 4 atom stereocenters. The lowest BCUT2D eigenvalue weighted by Crippen LogP contribution is -2.58. The maximum atomic E-state index is 13.7. The van der Waals surface area contributed by atoms with Crippen LogP contribution in [0.1, 0.15) is 72.1 Å². The maximum Gasteiger partial charge on any atom is 0.408 e. The van der Waals surface area contributed by atoms with E-state index in [0.29, 0.717) is 32.2 Å². The number of hydrogen-bond acceptors (Lipinski definition) is 7. The number of nitrogens with one attached hydrogen (secondary N) is 3. The molecule has 0 spiro atoms. The van der Waals surface area contributed by atoms with Crippen LogP contribution in [0.3, 0.4) is 0 Å². The van der Waals surface area contributed by atoms with Gasteiger partial charge in [-0.1, -0.05) is 43.2 Å². The second-order valence-corrected chi connectivity index (χ2v) is 13.7. The van der Waals surface area contributed by atoms with Gasteiger partial charge in [-0.3, -0.25) is 14.4 Å². The fraction of sp³-hybridized carbons (Fsp3) is 0.586. The Morgan fingerprint density at radius 2 is 1.78 bits per heavy atom. The Morgan fingerprint density at radius 3 is 2.49 bits per heavy atom. The molecule has 2 fully saturated rings. The quantitative estimate of drug-likeness (QED) is 0.458. The van der Waals surface area contributed by atoms with E-state index < -0.39 is 51.2 Å². The predicted octanol–water partition coefficient (Wildman–Crippen LogP) is 2.77. The summed E-state index contributed by atoms with van der Waals surface area (Å²) in [5.41, 5.74) is -2.18. The van der Waals surface area contributed by atoms with E-state index in [2.05, 4.69) is 15.4 Å². The number of ether oxygens (including phenoxy) is 1. The number of rotatable bonds is 4. The number of hydrogen-bond donors (Lipinski definition) is 3. The molecule has 0 bridgehead atoms. The molecule has 41 heavy (non-hydrogen) atoms. The van der Waals surface area contributed by atoms with Crippen LogP contribution < -0.4 is 15.4 Å². The van der Waals surface area contributed by atoms with Gasteiger partial charge in [-0.25, -0.2) is 17.9 Å². The molecule has 0 unspecified atom stereocenters. The summed E-state index contributed by atoms with van der Waals surface area (Å²) in [5, 5.41) is 5.52. The lowest BCUT2D eigenvalue weighted by Gasteiger charge is -2.30. The molecule has 12 heteroatoms. The standard InChI is InChI=1S/C29H40N4O7S/c1-28(2,3)40-27(37)30-22-16-11-6-4-5-8-13-20-19-29(20,31-24(34)23-17-12-18-33(23)25(22)35)26(36)32-41(38,39)21-14-9-7-10-15-21/h7-10,13-15,20,22-23H,4-6,11-12,16-19H2,1-3H3,(H,30,37)(H,31,34)(H,32,36)/b13-8-/t20-,22+,23+,29-/m1/s1. The molecule has 2 heterocycles. The molecule has 1 saturated carbocycles. The highest BCUT2D eigenvalue weighted by molar-refractivity contribution is 7.90. The Kier molecular flexibility index (Phi) is 9.10. The second kappa shape index (κ2) is 12.2. The Bertz CT molecular complexity index is 1290. The van der Waals surface area contributed by atoms with Gasteiger partial charge in [-0.2, -0.15) is 0 Å². The van der Waals surface area contributed by atoms with Crippen LogP contribution in [0.25, 0.3) is 0 Å². The van der Waals surface area contributed by atoms with Gasteiger partial charge in [0.1, 0.15) is 23.2 Å². The van der Waals surface area contributed by atoms with E-state index in [0.717, 1.165) is 19.3 Å². The fourth-order valence-corrected chi connectivity index (χ4v) is 6.47. The number of carbonyl (C=O) groups is 4. The van der Waals surface area contributed by atoms with E-state index in [1.807, 2.05) is 12.2 Å². The first kappa shape index (κ1) is 30.5. The first-order valence-corrected chi connectivity index (χ1v) is 15.7. The average Bonchev–Trinajstić information content (AvgIpc) is 3.36. The number of amides is 4. The summed E-state index contributed by atoms with van der Waals surface area (Å²) < 4.78 is 33.3. The molecule has 1 aliphatic carbocycles. The van der Waals surface area contributed by atoms with Crippen LogP contribution in [-0.2, 0) is 29.1 Å². The molecule has 4 rings (SSSR count). The molecule has 2 aliphatic heterocycles. The smallest absolute Gasteiger partial charge is 0.408 e. The Hall–Kier alpha value is -3.41. The first-order valence-electron chi connectivity index (χ1n) is 14.2. The van der Waals surface area contributed by atoms with E-state index in [1.165, 1.54) is 17.0 Å². The third-order valence-corrected chi connectivity index (χ3v) is 8.95. The lowest BCUT2D eigenvalue weighted by atomic mass is 10.0. The molecule has 3 aliphatic rings. The number of sulfonamides is 1. The van der Waals surface area contributed by atoms with Crippen molar-refractivity contribution in [1.29, 1.82) is 0 Å². The van der Waals surface area contributed by atoms with Crippen molar-refractivity contribution in [2.45, 2.75) is 100 Å². The van der Waals surface area contributed by atoms with E-state index in [-0.39, 0.29) is 23.1 Å². The number of fused-ring (bicyclic) bond motifs is 2. The van der Waals surface area contributed by atoms with Crippen molar-refractivity contribution in [2.24, 2.45) is 5.92 Å². The number of nitrogens with zero attached hydrogens (tertiary/aromatic N) is 1. The zero-order chi connectivity index (χ0) is 29.8. The van der Waals surface area contributed by atoms with Crippen LogP contribution in [0.5, 0.6) is 0 Å². The van der Waals surface area contributed by atoms with Gasteiger partial charge < -0.3 is 20.3 Å². The normalized spacial score (nSPS) is 28.2. The average molecular weight is 589 g/mol. The summed E-state index contributed by atoms with van der Waals surface area (Å²) in [6.45, 7) is 5.54. The molecule has 1 saturated heterocycles. The van der Waals surface area contributed by atoms with Gasteiger partial charge in [0.2, 0.25) is 11.8 Å². The van der Waals surface area contributed by atoms with Crippen LogP contribution in [-0.4, -0.2) is 66.9 Å². The van der Waals surface area contributed by atoms with Gasteiger partial charge in [0.15, 0.2) is 0 Å². The molecule has 3 N–H and O–H groups in total. The molecule has 11 nitrogen and oxygen atoms in total. The van der Waals surface area contributed by atoms with Gasteiger partial charge in [0.05, 0.1) is 4.90 Å². The minimum Gasteiger partial charge on any atom is -0.444 e. The summed E-state index contributed by atoms with van der Waals surface area (Å²) in [6, 6.07) is 5.85. The van der Waals surface area contributed by atoms with Crippen LogP contribution >= 0.6 is 0 Å². The number of alkyl carbamates (subject to hydrolysis) is 1. The van der Waals surface area contributed by atoms with Crippen molar-refractivity contribution >= 4 is 33.8 Å². The molecular weight excluding hydrogens is 548 g/mol. The van der Waals surface area contributed by atoms with Crippen molar-refractivity contribution in [3.63, 3.8) is 0 Å². The van der Waals surface area contributed by atoms with Gasteiger partial charge >= 0.3 is 6.09 Å². The highest BCUT2D eigenvalue weighted by Crippen LogP contribution is 2.45. The SMILES string of the molecule is CC(C)(C)OC(=O)N[C@H]1CCCCC/C=C\[C@@H]2C[C@@]2(C(=O)NS(=O)(=O)c2ccccc2)NC(=O)[C@@H]2CCCN2C1=O. The van der Waals surface area contributed by atoms with E-state index in [4.69, 9.17) is 4.74 Å². The number of benzene rings is 1. The van der Waals surface area contributed by atoms with Gasteiger partial charge in [0, 0.05) is 12.5 Å². The summed E-state index contributed by atoms with van der Waals surface area (Å²) in [6.07, 6.45) is 7.77. The van der Waals surface area contributed by atoms with E-state index in [9.17, 15) is 27.6 Å². The van der Waals surface area contributed by atoms with Crippen LogP contribution in [0, 0.1) is 5.92 Å². The topological polar surface area (TPSA) is 151 Å². The maximum absolute atomic E-state index is 13.7. The van der Waals surface area contributed by atoms with Gasteiger partial charge in [-0.05, 0) is 71.4 Å². The fourth-order valence-electron chi connectivity index (χ4n) is 5.42. The number of carbonyl (C=O) groups excluding carboxylic acids is 4. The van der Waals surface area contributed by atoms with Crippen molar-refractivity contribution in [3.8, 4) is 0 Å². The van der Waals surface area contributed by atoms with E-state index in [1.54, 1.807) is 39.0 Å². The lowest BCUT2D eigenvalue weighted by molar-refractivity contribution is -0.141. The molecular formula is C29H40N4O7S. The second-order valence-electron chi connectivity index (χ2n) is 12.0. The zero-order valence-electron chi connectivity index (χ0n) is 23.9. The third kappa shape index (κ3) is 7.46. The summed E-state index contributed by atoms with van der Waals surface area (Å²) in [7, 11) is -4.15. The van der Waals surface area contributed by atoms with Crippen LogP contribution in [0.4, 0.5) is 4.79 Å². The molecule has 4 amide bonds. The highest BCUT2D eigenvalue weighted by Gasteiger charge is 2.61. The highest BCUT2D eigenvalue weighted by atomic mass is 32.2. The summed E-state index contributed by atoms with van der Waals surface area (Å²) in [5.74, 6) is -2.09. The molecule has 224 valence electrons. The van der Waals surface area contributed by atoms with Gasteiger partial charge in [0.25, 0.3) is 15.9 Å². The van der Waals surface area contributed by atoms with Gasteiger partial charge in [-0.15, -0.1) is 0 Å². The Balaban J connectivity index is 1.56. The summed E-state index contributed by atoms with van der Waals surface area (Å²) in [4.78, 5) is 54.7. The molecule has 1 aromatic carbocycles. The third-order valence-electron chi connectivity index (χ3n) is 7.61. The molecule has 0 radical (unpaired) electrons. The van der Waals surface area contributed by atoms with Crippen molar-refractivity contribution in [1.82, 2.24) is 20.3 Å². The van der Waals surface area contributed by atoms with Crippen molar-refractivity contribution in [2.75, 3.05) is 6.54 Å². The molecule has 0 aromatic heterocycles. The monoisotopic (exact) mass is 588 g/mol. The Labute approximate surface area is 241 Å². The van der Waals surface area contributed by atoms with Crippen molar-refractivity contribution in [3.05, 3.63) is 42.5 Å². The predicted molar refractivity (Wildman–Crippen MR) is 151 cm³/mol. The first-order chi connectivity index (χ1) is 19.3. The summed E-state index contributed by atoms with van der Waals surface area (Å²) >= 11 is 0. The largest absolute Gasteiger partial charge is 0.444 e. The van der Waals surface area contributed by atoms with Crippen molar-refractivity contribution < 1.29 is 32.3 Å². The van der Waals surface area contributed by atoms with Crippen LogP contribution in [0.2, 0.25) is 0 Å². The zero-order valence-corrected chi connectivity index (χ0v) is 24.7. The van der Waals surface area contributed by atoms with Crippen LogP contribution in [0.15, 0.2) is 47.4 Å². The molecule has 1 aromatic rings. The minimum atomic E-state index is -4.15. The Morgan fingerprint density at radius 1 is 1.05 bits per heavy atom.